The van der Waals surface area contributed by atoms with Crippen molar-refractivity contribution in [2.24, 2.45) is 9.98 Å². The van der Waals surface area contributed by atoms with Gasteiger partial charge >= 0.3 is 10.4 Å². The van der Waals surface area contributed by atoms with Crippen LogP contribution in [0.2, 0.25) is 0 Å². The Hall–Kier alpha value is -6.70. The predicted molar refractivity (Wildman–Crippen MR) is 227 cm³/mol. The van der Waals surface area contributed by atoms with Crippen molar-refractivity contribution in [1.29, 1.82) is 0 Å². The lowest BCUT2D eigenvalue weighted by Gasteiger charge is -2.36. The van der Waals surface area contributed by atoms with Crippen molar-refractivity contribution in [2.75, 3.05) is 16.9 Å². The van der Waals surface area contributed by atoms with Gasteiger partial charge in [0.15, 0.2) is 0 Å². The van der Waals surface area contributed by atoms with Crippen LogP contribution in [0.4, 0.5) is 22.7 Å². The molecule has 0 saturated carbocycles. The van der Waals surface area contributed by atoms with Gasteiger partial charge < -0.3 is 8.37 Å². The average Bonchev–Trinajstić information content (AvgIpc) is 3.24. The van der Waals surface area contributed by atoms with Gasteiger partial charge in [-0.2, -0.15) is 8.42 Å². The van der Waals surface area contributed by atoms with Crippen LogP contribution < -0.4 is 20.2 Å². The zero-order valence-electron chi connectivity index (χ0n) is 29.6. The van der Waals surface area contributed by atoms with Crippen LogP contribution in [0.25, 0.3) is 76.4 Å². The Kier molecular flexibility index (Phi) is 5.96. The Labute approximate surface area is 327 Å². The van der Waals surface area contributed by atoms with Crippen molar-refractivity contribution in [3.05, 3.63) is 143 Å². The Balaban J connectivity index is 1.17. The second-order valence-electron chi connectivity index (χ2n) is 14.4. The van der Waals surface area contributed by atoms with Gasteiger partial charge in [-0.25, -0.2) is 14.2 Å². The lowest BCUT2D eigenvalue weighted by molar-refractivity contribution is 0.314. The van der Waals surface area contributed by atoms with Crippen molar-refractivity contribution in [2.45, 2.75) is 0 Å². The molecule has 0 unspecified atom stereocenters. The van der Waals surface area contributed by atoms with Gasteiger partial charge in [-0.05, 0) is 91.6 Å². The maximum absolute atomic E-state index is 13.2. The normalized spacial score (nSPS) is 15.2. The molecule has 13 rings (SSSR count). The summed E-state index contributed by atoms with van der Waals surface area (Å²) in [4.78, 5) is 14.2. The summed E-state index contributed by atoms with van der Waals surface area (Å²) in [5.41, 5.74) is 5.11. The average molecular weight is 781 g/mol. The van der Waals surface area contributed by atoms with Crippen LogP contribution in [-0.2, 0) is 22.9 Å². The molecule has 0 aliphatic carbocycles. The number of hydrogen-bond acceptors (Lipinski definition) is 11. The molecule has 57 heavy (non-hydrogen) atoms. The summed E-state index contributed by atoms with van der Waals surface area (Å²) >= 11 is 0.312. The first-order valence-electron chi connectivity index (χ1n) is 18.2. The first-order valence-corrected chi connectivity index (χ1v) is 20.2. The highest BCUT2D eigenvalue weighted by Gasteiger charge is 2.38. The number of anilines is 2. The smallest absolute Gasteiger partial charge is 0.380 e. The SMILES string of the molecule is COS(=O)(=O)OC1=c2ccc3c4ccc5c6c(ccc(c7ccc(c2c73)C2=Nc3cccc7cccc(c37)N21)c64)C1=Nc2cccc3cccc(c23)N1C=5OSO. The Morgan fingerprint density at radius 3 is 1.49 bits per heavy atom. The molecule has 12 heteroatoms. The van der Waals surface area contributed by atoms with Crippen molar-refractivity contribution >= 4 is 134 Å². The van der Waals surface area contributed by atoms with Crippen LogP contribution in [0.1, 0.15) is 11.1 Å². The van der Waals surface area contributed by atoms with Crippen LogP contribution >= 0.6 is 12.3 Å². The number of rotatable bonds is 5. The molecule has 4 aliphatic heterocycles. The van der Waals surface area contributed by atoms with Gasteiger partial charge in [0.05, 0.1) is 29.9 Å². The zero-order valence-corrected chi connectivity index (χ0v) is 31.3. The van der Waals surface area contributed by atoms with E-state index in [2.05, 4.69) is 48.5 Å². The van der Waals surface area contributed by atoms with Crippen LogP contribution in [0.3, 0.4) is 0 Å². The largest absolute Gasteiger partial charge is 0.450 e. The Morgan fingerprint density at radius 2 is 1.00 bits per heavy atom. The Morgan fingerprint density at radius 1 is 0.544 bits per heavy atom. The van der Waals surface area contributed by atoms with E-state index in [9.17, 15) is 13.0 Å². The van der Waals surface area contributed by atoms with E-state index < -0.39 is 10.4 Å². The number of aliphatic imine (C=N–C) groups is 2. The van der Waals surface area contributed by atoms with Crippen LogP contribution in [0.5, 0.6) is 0 Å². The molecule has 1 N–H and O–H groups in total. The molecular formula is C45H24N4O6S2. The molecule has 0 aromatic heterocycles. The monoisotopic (exact) mass is 780 g/mol. The molecule has 0 saturated heterocycles. The fourth-order valence-electron chi connectivity index (χ4n) is 9.68. The van der Waals surface area contributed by atoms with Gasteiger partial charge in [0.25, 0.3) is 0 Å². The molecule has 0 radical (unpaired) electrons. The molecule has 272 valence electrons. The third-order valence-electron chi connectivity index (χ3n) is 11.8. The summed E-state index contributed by atoms with van der Waals surface area (Å²) in [5, 5.41) is 13.1. The highest BCUT2D eigenvalue weighted by atomic mass is 32.3. The first-order chi connectivity index (χ1) is 27.9. The number of fused-ring (bicyclic) bond motifs is 8. The van der Waals surface area contributed by atoms with Gasteiger partial charge in [-0.3, -0.25) is 14.4 Å². The summed E-state index contributed by atoms with van der Waals surface area (Å²) in [6.07, 6.45) is 0. The molecule has 0 bridgehead atoms. The summed E-state index contributed by atoms with van der Waals surface area (Å²) in [6, 6.07) is 40.7. The van der Waals surface area contributed by atoms with Crippen molar-refractivity contribution in [3.63, 3.8) is 0 Å². The molecule has 9 aromatic rings. The standard InChI is InChI=1S/C45H24N4O6S2/c1-53-57(51,52)55-45-31-21-17-27-26-16-20-30-40-28(42-46-32-10-2-6-22-8-4-12-34(36(22)32)48(42)44(30)54-56-50)18-14-24(38(26)40)25-15-19-29(41(31)39(25)27)43-47-33-11-3-7-23-9-5-13-35(37(23)33)49(43)45/h2-21,50H,1H3. The number of benzene rings is 9. The number of hydrogen-bond donors (Lipinski definition) is 1. The minimum atomic E-state index is -4.45. The maximum atomic E-state index is 13.2. The quantitative estimate of drug-likeness (QED) is 0.104. The van der Waals surface area contributed by atoms with Crippen LogP contribution in [0.15, 0.2) is 131 Å². The van der Waals surface area contributed by atoms with Gasteiger partial charge in [0.2, 0.25) is 24.1 Å². The second-order valence-corrected chi connectivity index (χ2v) is 16.0. The molecule has 0 fully saturated rings. The summed E-state index contributed by atoms with van der Waals surface area (Å²) in [7, 11) is -3.36. The minimum Gasteiger partial charge on any atom is -0.380 e. The van der Waals surface area contributed by atoms with E-state index >= 15 is 0 Å². The van der Waals surface area contributed by atoms with Gasteiger partial charge in [-0.1, -0.05) is 72.8 Å². The lowest BCUT2D eigenvalue weighted by atomic mass is 9.84. The highest BCUT2D eigenvalue weighted by Crippen LogP contribution is 2.49. The van der Waals surface area contributed by atoms with E-state index in [1.807, 2.05) is 77.7 Å². The van der Waals surface area contributed by atoms with Gasteiger partial charge in [-0.15, -0.1) is 0 Å². The van der Waals surface area contributed by atoms with E-state index in [0.717, 1.165) is 111 Å². The zero-order chi connectivity index (χ0) is 37.9. The van der Waals surface area contributed by atoms with E-state index in [1.165, 1.54) is 0 Å². The molecule has 10 nitrogen and oxygen atoms in total. The highest BCUT2D eigenvalue weighted by molar-refractivity contribution is 7.89. The van der Waals surface area contributed by atoms with E-state index in [-0.39, 0.29) is 5.88 Å². The van der Waals surface area contributed by atoms with E-state index in [4.69, 9.17) is 22.5 Å². The van der Waals surface area contributed by atoms with Crippen molar-refractivity contribution < 1.29 is 25.5 Å². The summed E-state index contributed by atoms with van der Waals surface area (Å²) in [5.74, 6) is 1.82. The molecule has 4 heterocycles. The third kappa shape index (κ3) is 3.89. The fourth-order valence-corrected chi connectivity index (χ4v) is 10.3. The summed E-state index contributed by atoms with van der Waals surface area (Å²) < 4.78 is 53.4. The molecule has 4 aliphatic rings. The minimum absolute atomic E-state index is 0.0912. The lowest BCUT2D eigenvalue weighted by Crippen LogP contribution is -2.41. The van der Waals surface area contributed by atoms with Gasteiger partial charge in [0.1, 0.15) is 11.7 Å². The fraction of sp³-hybridized carbons (Fsp3) is 0.0222. The van der Waals surface area contributed by atoms with E-state index in [0.29, 0.717) is 35.1 Å². The van der Waals surface area contributed by atoms with Crippen LogP contribution in [0, 0.1) is 0 Å². The number of nitrogens with zero attached hydrogens (tertiary/aromatic N) is 4. The van der Waals surface area contributed by atoms with Gasteiger partial charge in [0, 0.05) is 43.1 Å². The molecule has 0 amide bonds. The topological polar surface area (TPSA) is 113 Å². The van der Waals surface area contributed by atoms with Crippen LogP contribution in [-0.4, -0.2) is 31.8 Å². The Bertz CT molecular complexity index is 3680. The molecule has 0 atom stereocenters. The molecule has 0 spiro atoms. The predicted octanol–water partition coefficient (Wildman–Crippen LogP) is 9.04. The van der Waals surface area contributed by atoms with Crippen molar-refractivity contribution in [1.82, 2.24) is 0 Å². The van der Waals surface area contributed by atoms with E-state index in [1.54, 1.807) is 4.90 Å². The third-order valence-corrected chi connectivity index (χ3v) is 12.8. The number of amidine groups is 2. The molecular weight excluding hydrogens is 757 g/mol. The first kappa shape index (κ1) is 31.5. The maximum Gasteiger partial charge on any atom is 0.450 e. The second kappa shape index (κ2) is 10.8. The summed E-state index contributed by atoms with van der Waals surface area (Å²) in [6.45, 7) is 0. The van der Waals surface area contributed by atoms with Crippen molar-refractivity contribution in [3.8, 4) is 0 Å². The molecule has 9 aromatic carbocycles.